The lowest BCUT2D eigenvalue weighted by molar-refractivity contribution is -0.109. The van der Waals surface area contributed by atoms with Gasteiger partial charge in [0, 0.05) is 41.6 Å². The number of ether oxygens (including phenoxy) is 1. The van der Waals surface area contributed by atoms with Gasteiger partial charge in [-0.25, -0.2) is 9.37 Å². The van der Waals surface area contributed by atoms with Gasteiger partial charge in [-0.2, -0.15) is 0 Å². The highest BCUT2D eigenvalue weighted by Crippen LogP contribution is 2.46. The fourth-order valence-electron chi connectivity index (χ4n) is 6.15. The van der Waals surface area contributed by atoms with Gasteiger partial charge in [-0.3, -0.25) is 4.79 Å². The highest BCUT2D eigenvalue weighted by molar-refractivity contribution is 5.93. The van der Waals surface area contributed by atoms with Gasteiger partial charge in [-0.1, -0.05) is 13.8 Å². The van der Waals surface area contributed by atoms with Gasteiger partial charge >= 0.3 is 0 Å². The van der Waals surface area contributed by atoms with Crippen LogP contribution in [0.4, 0.5) is 4.39 Å². The number of benzene rings is 1. The Bertz CT molecular complexity index is 1410. The maximum absolute atomic E-state index is 15.1. The van der Waals surface area contributed by atoms with Crippen LogP contribution in [0.25, 0.3) is 22.3 Å². The third-order valence-corrected chi connectivity index (χ3v) is 7.85. The van der Waals surface area contributed by atoms with Crippen LogP contribution < -0.4 is 5.56 Å². The maximum atomic E-state index is 15.1. The molecule has 1 aromatic carbocycles. The van der Waals surface area contributed by atoms with E-state index in [0.29, 0.717) is 41.7 Å². The molecule has 6 nitrogen and oxygen atoms in total. The highest BCUT2D eigenvalue weighted by atomic mass is 19.1. The number of aromatic nitrogens is 2. The van der Waals surface area contributed by atoms with E-state index >= 15 is 4.39 Å². The molecule has 0 bridgehead atoms. The van der Waals surface area contributed by atoms with Crippen LogP contribution in [0.2, 0.25) is 0 Å². The minimum atomic E-state index is -0.396. The molecule has 0 fully saturated rings. The van der Waals surface area contributed by atoms with Crippen LogP contribution in [0.5, 0.6) is 0 Å². The number of carbonyl (C=O) groups excluding carboxylic acids is 1. The van der Waals surface area contributed by atoms with Crippen LogP contribution in [0.3, 0.4) is 0 Å². The molecule has 184 valence electrons. The Morgan fingerprint density at radius 3 is 2.66 bits per heavy atom. The number of methoxy groups -OCH3 is 1. The van der Waals surface area contributed by atoms with Crippen molar-refractivity contribution in [3.63, 3.8) is 0 Å². The third-order valence-electron chi connectivity index (χ3n) is 7.85. The first-order valence-electron chi connectivity index (χ1n) is 12.4. The van der Waals surface area contributed by atoms with Gasteiger partial charge in [-0.15, -0.1) is 0 Å². The summed E-state index contributed by atoms with van der Waals surface area (Å²) in [5, 5.41) is 1.05. The number of hydrogen-bond donors (Lipinski definition) is 0. The topological polar surface area (TPSA) is 64.4 Å². The van der Waals surface area contributed by atoms with Gasteiger partial charge in [0.2, 0.25) is 0 Å². The Morgan fingerprint density at radius 1 is 1.26 bits per heavy atom. The van der Waals surface area contributed by atoms with Crippen LogP contribution in [-0.4, -0.2) is 41.9 Å². The van der Waals surface area contributed by atoms with Gasteiger partial charge < -0.3 is 19.0 Å². The Kier molecular flexibility index (Phi) is 6.09. The fraction of sp³-hybridized carbons (Fsp3) is 0.464. The monoisotopic (exact) mass is 477 g/mol. The van der Waals surface area contributed by atoms with Crippen molar-refractivity contribution in [2.75, 3.05) is 21.2 Å². The molecular weight excluding hydrogens is 445 g/mol. The lowest BCUT2D eigenvalue weighted by Gasteiger charge is -2.33. The second-order valence-corrected chi connectivity index (χ2v) is 9.87. The number of carbonyl (C=O) groups is 1. The van der Waals surface area contributed by atoms with Gasteiger partial charge in [0.25, 0.3) is 5.56 Å². The lowest BCUT2D eigenvalue weighted by Crippen LogP contribution is -2.27. The summed E-state index contributed by atoms with van der Waals surface area (Å²) in [6, 6.07) is 3.64. The molecule has 1 aliphatic heterocycles. The molecular formula is C28H32FN3O3. The Morgan fingerprint density at radius 2 is 2.03 bits per heavy atom. The van der Waals surface area contributed by atoms with Gasteiger partial charge in [0.1, 0.15) is 12.1 Å². The minimum absolute atomic E-state index is 0.146. The number of aldehydes is 1. The summed E-state index contributed by atoms with van der Waals surface area (Å²) in [7, 11) is 5.69. The van der Waals surface area contributed by atoms with Crippen molar-refractivity contribution in [3.05, 3.63) is 61.7 Å². The molecule has 3 heterocycles. The number of nitrogens with zero attached hydrogens (tertiary/aromatic N) is 3. The van der Waals surface area contributed by atoms with E-state index in [4.69, 9.17) is 9.72 Å². The molecule has 0 spiro atoms. The zero-order valence-corrected chi connectivity index (χ0v) is 21.1. The van der Waals surface area contributed by atoms with E-state index in [1.54, 1.807) is 17.7 Å². The Balaban J connectivity index is 1.86. The molecule has 3 aromatic rings. The van der Waals surface area contributed by atoms with E-state index < -0.39 is 5.92 Å². The van der Waals surface area contributed by atoms with E-state index in [1.165, 1.54) is 0 Å². The molecule has 2 unspecified atom stereocenters. The smallest absolute Gasteiger partial charge is 0.257 e. The summed E-state index contributed by atoms with van der Waals surface area (Å²) in [6.07, 6.45) is 3.81. The second-order valence-electron chi connectivity index (χ2n) is 9.87. The lowest BCUT2D eigenvalue weighted by atomic mass is 9.80. The highest BCUT2D eigenvalue weighted by Gasteiger charge is 2.35. The van der Waals surface area contributed by atoms with Crippen LogP contribution in [0.15, 0.2) is 16.9 Å². The van der Waals surface area contributed by atoms with Gasteiger partial charge in [0.15, 0.2) is 0 Å². The van der Waals surface area contributed by atoms with E-state index in [2.05, 4.69) is 19.0 Å². The summed E-state index contributed by atoms with van der Waals surface area (Å²) in [5.74, 6) is -0.609. The molecule has 0 saturated carbocycles. The zero-order chi connectivity index (χ0) is 25.0. The molecule has 35 heavy (non-hydrogen) atoms. The number of aryl methyl sites for hydroxylation is 1. The van der Waals surface area contributed by atoms with E-state index in [1.807, 2.05) is 19.9 Å². The molecule has 1 aliphatic carbocycles. The fourth-order valence-corrected chi connectivity index (χ4v) is 6.15. The average Bonchev–Trinajstić information content (AvgIpc) is 3.21. The molecule has 2 atom stereocenters. The van der Waals surface area contributed by atoms with Crippen molar-refractivity contribution in [3.8, 4) is 11.4 Å². The van der Waals surface area contributed by atoms with E-state index in [9.17, 15) is 9.59 Å². The first-order valence-corrected chi connectivity index (χ1v) is 12.4. The van der Waals surface area contributed by atoms with Crippen molar-refractivity contribution in [2.24, 2.45) is 0 Å². The number of fused-ring (bicyclic) bond motifs is 4. The summed E-state index contributed by atoms with van der Waals surface area (Å²) >= 11 is 0. The van der Waals surface area contributed by atoms with Gasteiger partial charge in [0.05, 0.1) is 30.1 Å². The van der Waals surface area contributed by atoms with Crippen LogP contribution in [0.1, 0.15) is 72.0 Å². The number of rotatable bonds is 7. The van der Waals surface area contributed by atoms with Crippen LogP contribution in [-0.2, 0) is 35.5 Å². The van der Waals surface area contributed by atoms with Crippen molar-refractivity contribution in [2.45, 2.75) is 64.6 Å². The largest absolute Gasteiger partial charge is 0.380 e. The van der Waals surface area contributed by atoms with E-state index in [0.717, 1.165) is 52.5 Å². The number of hydrogen-bond acceptors (Lipinski definition) is 5. The van der Waals surface area contributed by atoms with Crippen molar-refractivity contribution in [1.29, 1.82) is 0 Å². The average molecular weight is 478 g/mol. The SMILES string of the molecule is CCc1c(F)cc2nc3c(c4c2c1CCC4N(C)C)Cn1c-3cc(C(C=O)CC)c(COC)c1=O. The molecule has 0 N–H and O–H groups in total. The molecule has 5 rings (SSSR count). The van der Waals surface area contributed by atoms with E-state index in [-0.39, 0.29) is 24.0 Å². The van der Waals surface area contributed by atoms with Crippen molar-refractivity contribution >= 4 is 17.2 Å². The summed E-state index contributed by atoms with van der Waals surface area (Å²) < 4.78 is 22.2. The molecule has 0 amide bonds. The Hall–Kier alpha value is -2.90. The number of halogens is 1. The normalized spacial score (nSPS) is 17.1. The molecule has 7 heteroatoms. The zero-order valence-electron chi connectivity index (χ0n) is 21.1. The predicted molar refractivity (Wildman–Crippen MR) is 134 cm³/mol. The summed E-state index contributed by atoms with van der Waals surface area (Å²) in [5.41, 5.74) is 7.14. The number of pyridine rings is 2. The maximum Gasteiger partial charge on any atom is 0.257 e. The molecule has 2 aromatic heterocycles. The summed E-state index contributed by atoms with van der Waals surface area (Å²) in [6.45, 7) is 4.48. The minimum Gasteiger partial charge on any atom is -0.380 e. The Labute approximate surface area is 204 Å². The standard InChI is InChI=1S/C28H32FN3O3/c1-6-15(13-33)18-10-24-27-19(12-32(24)28(34)20(18)14-35-5)26-23(31(3)4)9-8-17-16(7-2)21(29)11-22(30-27)25(17)26/h10-11,13,15,23H,6-9,12,14H2,1-5H3. The quantitative estimate of drug-likeness (QED) is 0.367. The summed E-state index contributed by atoms with van der Waals surface area (Å²) in [4.78, 5) is 32.7. The molecule has 2 aliphatic rings. The first kappa shape index (κ1) is 23.8. The molecule has 0 radical (unpaired) electrons. The predicted octanol–water partition coefficient (Wildman–Crippen LogP) is 4.51. The molecule has 0 saturated heterocycles. The third kappa shape index (κ3) is 3.47. The first-order chi connectivity index (χ1) is 16.9. The van der Waals surface area contributed by atoms with Gasteiger partial charge in [-0.05, 0) is 68.1 Å². The van der Waals surface area contributed by atoms with Crippen molar-refractivity contribution < 1.29 is 13.9 Å². The van der Waals surface area contributed by atoms with Crippen LogP contribution in [0, 0.1) is 5.82 Å². The van der Waals surface area contributed by atoms with Crippen molar-refractivity contribution in [1.82, 2.24) is 14.5 Å². The van der Waals surface area contributed by atoms with Crippen LogP contribution >= 0.6 is 0 Å². The second kappa shape index (κ2) is 8.95.